The third-order valence-corrected chi connectivity index (χ3v) is 2.75. The molecule has 1 amide bonds. The Bertz CT molecular complexity index is 480. The van der Waals surface area contributed by atoms with Gasteiger partial charge in [-0.1, -0.05) is 12.1 Å². The van der Waals surface area contributed by atoms with Gasteiger partial charge >= 0.3 is 0 Å². The minimum Gasteiger partial charge on any atom is -0.370 e. The minimum atomic E-state index is -3.23. The highest BCUT2D eigenvalue weighted by Crippen LogP contribution is 2.12. The lowest BCUT2D eigenvalue weighted by atomic mass is 10.1. The molecule has 0 heterocycles. The monoisotopic (exact) mass is 256 g/mol. The molecule has 6 heteroatoms. The third-order valence-electron chi connectivity index (χ3n) is 2.15. The van der Waals surface area contributed by atoms with Crippen LogP contribution in [0.3, 0.4) is 0 Å². The highest BCUT2D eigenvalue weighted by atomic mass is 32.2. The van der Waals surface area contributed by atoms with E-state index in [2.05, 4.69) is 4.72 Å². The number of nitrogens with one attached hydrogen (secondary N) is 1. The van der Waals surface area contributed by atoms with Crippen LogP contribution < -0.4 is 10.5 Å². The lowest BCUT2D eigenvalue weighted by Crippen LogP contribution is -2.10. The van der Waals surface area contributed by atoms with Crippen molar-refractivity contribution in [2.75, 3.05) is 11.0 Å². The summed E-state index contributed by atoms with van der Waals surface area (Å²) in [5, 5.41) is 0. The topological polar surface area (TPSA) is 89.3 Å². The van der Waals surface area contributed by atoms with E-state index in [0.717, 1.165) is 18.2 Å². The Morgan fingerprint density at radius 1 is 1.29 bits per heavy atom. The molecule has 1 rings (SSSR count). The van der Waals surface area contributed by atoms with Crippen LogP contribution in [0.25, 0.3) is 0 Å². The molecule has 0 aliphatic heterocycles. The molecule has 5 nitrogen and oxygen atoms in total. The number of carbonyl (C=O) groups is 1. The molecule has 1 aromatic rings. The summed E-state index contributed by atoms with van der Waals surface area (Å²) in [6.07, 6.45) is 2.92. The van der Waals surface area contributed by atoms with Crippen LogP contribution in [0.4, 0.5) is 5.69 Å². The van der Waals surface area contributed by atoms with Crippen molar-refractivity contribution < 1.29 is 13.2 Å². The fourth-order valence-corrected chi connectivity index (χ4v) is 1.98. The van der Waals surface area contributed by atoms with Gasteiger partial charge < -0.3 is 5.73 Å². The minimum absolute atomic E-state index is 0.305. The van der Waals surface area contributed by atoms with E-state index in [4.69, 9.17) is 5.73 Å². The second-order valence-corrected chi connectivity index (χ2v) is 5.64. The molecule has 0 aliphatic rings. The van der Waals surface area contributed by atoms with Crippen LogP contribution >= 0.6 is 0 Å². The van der Waals surface area contributed by atoms with Crippen LogP contribution in [0.2, 0.25) is 0 Å². The smallest absolute Gasteiger partial charge is 0.229 e. The van der Waals surface area contributed by atoms with Crippen molar-refractivity contribution in [1.29, 1.82) is 0 Å². The maximum absolute atomic E-state index is 11.0. The van der Waals surface area contributed by atoms with Crippen molar-refractivity contribution in [3.05, 3.63) is 29.8 Å². The zero-order valence-corrected chi connectivity index (χ0v) is 10.5. The van der Waals surface area contributed by atoms with Gasteiger partial charge in [-0.2, -0.15) is 0 Å². The van der Waals surface area contributed by atoms with Gasteiger partial charge in [0.15, 0.2) is 0 Å². The number of nitrogens with two attached hydrogens (primary N) is 1. The molecule has 0 radical (unpaired) electrons. The molecule has 0 aliphatic carbocycles. The molecule has 0 spiro atoms. The quantitative estimate of drug-likeness (QED) is 0.791. The number of aryl methyl sites for hydroxylation is 1. The van der Waals surface area contributed by atoms with Gasteiger partial charge in [0.2, 0.25) is 15.9 Å². The van der Waals surface area contributed by atoms with E-state index in [9.17, 15) is 13.2 Å². The highest BCUT2D eigenvalue weighted by molar-refractivity contribution is 7.92. The molecule has 0 atom stereocenters. The normalized spacial score (nSPS) is 11.1. The maximum Gasteiger partial charge on any atom is 0.229 e. The van der Waals surface area contributed by atoms with Gasteiger partial charge in [-0.25, -0.2) is 8.42 Å². The predicted octanol–water partition coefficient (Wildman–Crippen LogP) is 0.866. The van der Waals surface area contributed by atoms with E-state index >= 15 is 0 Å². The van der Waals surface area contributed by atoms with E-state index in [-0.39, 0.29) is 5.91 Å². The Morgan fingerprint density at radius 2 is 1.88 bits per heavy atom. The van der Waals surface area contributed by atoms with E-state index in [0.29, 0.717) is 18.5 Å². The summed E-state index contributed by atoms with van der Waals surface area (Å²) < 4.78 is 24.3. The lowest BCUT2D eigenvalue weighted by molar-refractivity contribution is -0.118. The zero-order valence-electron chi connectivity index (χ0n) is 9.64. The van der Waals surface area contributed by atoms with E-state index in [1.54, 1.807) is 12.1 Å². The molecule has 0 saturated heterocycles. The summed E-state index contributed by atoms with van der Waals surface area (Å²) >= 11 is 0. The van der Waals surface area contributed by atoms with Gasteiger partial charge in [-0.05, 0) is 30.5 Å². The average Bonchev–Trinajstić information content (AvgIpc) is 2.18. The number of primary amides is 1. The molecule has 3 N–H and O–H groups in total. The number of rotatable bonds is 6. The first kappa shape index (κ1) is 13.5. The standard InChI is InChI=1S/C11H16N2O3S/c1-17(15,16)13-10-7-5-9(6-8-10)3-2-4-11(12)14/h5-8,13H,2-4H2,1H3,(H2,12,14). The number of carbonyl (C=O) groups excluding carboxylic acids is 1. The Labute approximate surface area is 101 Å². The second-order valence-electron chi connectivity index (χ2n) is 3.89. The van der Waals surface area contributed by atoms with Crippen molar-refractivity contribution in [1.82, 2.24) is 0 Å². The molecule has 0 aromatic heterocycles. The molecule has 17 heavy (non-hydrogen) atoms. The third kappa shape index (κ3) is 5.91. The summed E-state index contributed by atoms with van der Waals surface area (Å²) in [6.45, 7) is 0. The van der Waals surface area contributed by atoms with Gasteiger partial charge in [-0.15, -0.1) is 0 Å². The first-order valence-electron chi connectivity index (χ1n) is 5.22. The van der Waals surface area contributed by atoms with Gasteiger partial charge in [-0.3, -0.25) is 9.52 Å². The number of hydrogen-bond donors (Lipinski definition) is 2. The largest absolute Gasteiger partial charge is 0.370 e. The Morgan fingerprint density at radius 3 is 2.35 bits per heavy atom. The van der Waals surface area contributed by atoms with Crippen molar-refractivity contribution in [3.63, 3.8) is 0 Å². The summed E-state index contributed by atoms with van der Waals surface area (Å²) in [4.78, 5) is 10.5. The molecule has 94 valence electrons. The average molecular weight is 256 g/mol. The molecule has 0 unspecified atom stereocenters. The Balaban J connectivity index is 2.53. The summed E-state index contributed by atoms with van der Waals surface area (Å²) in [5.74, 6) is -0.305. The molecular formula is C11H16N2O3S. The van der Waals surface area contributed by atoms with Gasteiger partial charge in [0.25, 0.3) is 0 Å². The first-order chi connectivity index (χ1) is 7.87. The summed E-state index contributed by atoms with van der Waals surface area (Å²) in [5.41, 5.74) is 6.61. The lowest BCUT2D eigenvalue weighted by Gasteiger charge is -2.05. The van der Waals surface area contributed by atoms with Crippen molar-refractivity contribution in [3.8, 4) is 0 Å². The van der Waals surface area contributed by atoms with Crippen LogP contribution in [-0.4, -0.2) is 20.6 Å². The molecular weight excluding hydrogens is 240 g/mol. The van der Waals surface area contributed by atoms with Crippen LogP contribution in [0, 0.1) is 0 Å². The SMILES string of the molecule is CS(=O)(=O)Nc1ccc(CCCC(N)=O)cc1. The van der Waals surface area contributed by atoms with Gasteiger partial charge in [0.05, 0.1) is 6.26 Å². The predicted molar refractivity (Wildman–Crippen MR) is 67.0 cm³/mol. The molecule has 1 aromatic carbocycles. The van der Waals surface area contributed by atoms with Crippen LogP contribution in [0.15, 0.2) is 24.3 Å². The van der Waals surface area contributed by atoms with Crippen molar-refractivity contribution >= 4 is 21.6 Å². The summed E-state index contributed by atoms with van der Waals surface area (Å²) in [7, 11) is -3.23. The molecule has 0 fully saturated rings. The van der Waals surface area contributed by atoms with Crippen LogP contribution in [0.5, 0.6) is 0 Å². The molecule has 0 bridgehead atoms. The van der Waals surface area contributed by atoms with Gasteiger partial charge in [0.1, 0.15) is 0 Å². The fourth-order valence-electron chi connectivity index (χ4n) is 1.42. The summed E-state index contributed by atoms with van der Waals surface area (Å²) in [6, 6.07) is 7.05. The van der Waals surface area contributed by atoms with E-state index < -0.39 is 10.0 Å². The first-order valence-corrected chi connectivity index (χ1v) is 7.11. The zero-order chi connectivity index (χ0) is 12.9. The van der Waals surface area contributed by atoms with Crippen LogP contribution in [-0.2, 0) is 21.2 Å². The number of benzene rings is 1. The highest BCUT2D eigenvalue weighted by Gasteiger charge is 2.01. The number of sulfonamides is 1. The van der Waals surface area contributed by atoms with Crippen molar-refractivity contribution in [2.45, 2.75) is 19.3 Å². The number of amides is 1. The van der Waals surface area contributed by atoms with Crippen LogP contribution in [0.1, 0.15) is 18.4 Å². The van der Waals surface area contributed by atoms with Gasteiger partial charge in [0, 0.05) is 12.1 Å². The van der Waals surface area contributed by atoms with E-state index in [1.807, 2.05) is 12.1 Å². The number of anilines is 1. The molecule has 0 saturated carbocycles. The Kier molecular flexibility index (Phi) is 4.51. The fraction of sp³-hybridized carbons (Fsp3) is 0.364. The van der Waals surface area contributed by atoms with Crippen molar-refractivity contribution in [2.24, 2.45) is 5.73 Å². The number of hydrogen-bond acceptors (Lipinski definition) is 3. The van der Waals surface area contributed by atoms with E-state index in [1.165, 1.54) is 0 Å². The maximum atomic E-state index is 11.0. The second kappa shape index (κ2) is 5.67. The Hall–Kier alpha value is -1.56.